The molecule has 2 rings (SSSR count). The van der Waals surface area contributed by atoms with Crippen molar-refractivity contribution < 1.29 is 14.3 Å². The molecule has 0 saturated carbocycles. The number of nitrogens with two attached hydrogens (primary N) is 1. The molecule has 2 aromatic rings. The number of carbonyl (C=O) groups excluding carboxylic acids is 1. The molecule has 0 aliphatic heterocycles. The normalized spacial score (nSPS) is 10.6. The zero-order chi connectivity index (χ0) is 17.5. The molecule has 0 saturated heterocycles. The van der Waals surface area contributed by atoms with Crippen molar-refractivity contribution in [1.29, 1.82) is 0 Å². The number of primary amides is 1. The van der Waals surface area contributed by atoms with Gasteiger partial charge in [0.05, 0.1) is 13.3 Å². The van der Waals surface area contributed by atoms with E-state index in [0.717, 1.165) is 16.7 Å². The summed E-state index contributed by atoms with van der Waals surface area (Å²) in [5.74, 6) is 1.41. The molecule has 126 valence electrons. The minimum absolute atomic E-state index is 0.315. The second-order valence-electron chi connectivity index (χ2n) is 5.01. The van der Waals surface area contributed by atoms with Crippen LogP contribution >= 0.6 is 11.6 Å². The fraction of sp³-hybridized carbons (Fsp3) is 0.176. The quantitative estimate of drug-likeness (QED) is 0.621. The number of hydrogen-bond donors (Lipinski definition) is 2. The Kier molecular flexibility index (Phi) is 6.03. The average molecular weight is 348 g/mol. The molecule has 2 amide bonds. The van der Waals surface area contributed by atoms with E-state index in [2.05, 4.69) is 10.5 Å². The molecule has 6 nitrogen and oxygen atoms in total. The van der Waals surface area contributed by atoms with E-state index in [1.54, 1.807) is 25.3 Å². The summed E-state index contributed by atoms with van der Waals surface area (Å²) in [6.45, 7) is 2.23. The van der Waals surface area contributed by atoms with Crippen LogP contribution in [0.3, 0.4) is 0 Å². The molecular formula is C17H18ClN3O3. The van der Waals surface area contributed by atoms with E-state index in [0.29, 0.717) is 23.1 Å². The number of nitrogens with one attached hydrogen (secondary N) is 1. The van der Waals surface area contributed by atoms with Crippen LogP contribution < -0.4 is 20.6 Å². The van der Waals surface area contributed by atoms with Gasteiger partial charge in [0.15, 0.2) is 0 Å². The van der Waals surface area contributed by atoms with Crippen LogP contribution in [0.2, 0.25) is 5.02 Å². The molecular weight excluding hydrogens is 330 g/mol. The zero-order valence-electron chi connectivity index (χ0n) is 13.4. The number of amides is 2. The summed E-state index contributed by atoms with van der Waals surface area (Å²) in [5, 5.41) is 4.43. The van der Waals surface area contributed by atoms with Crippen LogP contribution in [0, 0.1) is 6.92 Å². The van der Waals surface area contributed by atoms with Gasteiger partial charge in [-0.2, -0.15) is 5.10 Å². The van der Waals surface area contributed by atoms with Crippen LogP contribution in [-0.2, 0) is 6.61 Å². The molecule has 0 bridgehead atoms. The van der Waals surface area contributed by atoms with Gasteiger partial charge in [-0.05, 0) is 54.4 Å². The molecule has 0 aliphatic carbocycles. The van der Waals surface area contributed by atoms with Crippen LogP contribution in [0.25, 0.3) is 0 Å². The SMILES string of the molecule is COc1ccc(C=NNC(N)=O)cc1COc1ccc(Cl)c(C)c1. The highest BCUT2D eigenvalue weighted by molar-refractivity contribution is 6.31. The van der Waals surface area contributed by atoms with Crippen molar-refractivity contribution in [2.45, 2.75) is 13.5 Å². The third-order valence-corrected chi connectivity index (χ3v) is 3.64. The molecule has 0 fully saturated rings. The average Bonchev–Trinajstić information content (AvgIpc) is 2.56. The molecule has 0 radical (unpaired) electrons. The Bertz CT molecular complexity index is 763. The lowest BCUT2D eigenvalue weighted by Crippen LogP contribution is -2.24. The van der Waals surface area contributed by atoms with Crippen LogP contribution in [-0.4, -0.2) is 19.4 Å². The number of halogens is 1. The van der Waals surface area contributed by atoms with Gasteiger partial charge in [0.1, 0.15) is 18.1 Å². The Morgan fingerprint density at radius 3 is 2.79 bits per heavy atom. The Morgan fingerprint density at radius 2 is 2.12 bits per heavy atom. The van der Waals surface area contributed by atoms with E-state index in [-0.39, 0.29) is 0 Å². The summed E-state index contributed by atoms with van der Waals surface area (Å²) in [6.07, 6.45) is 1.49. The zero-order valence-corrected chi connectivity index (χ0v) is 14.1. The van der Waals surface area contributed by atoms with Gasteiger partial charge in [0.25, 0.3) is 0 Å². The van der Waals surface area contributed by atoms with Gasteiger partial charge in [-0.15, -0.1) is 0 Å². The second-order valence-corrected chi connectivity index (χ2v) is 5.41. The molecule has 0 heterocycles. The van der Waals surface area contributed by atoms with Crippen molar-refractivity contribution in [3.8, 4) is 11.5 Å². The summed E-state index contributed by atoms with van der Waals surface area (Å²) in [5.41, 5.74) is 9.66. The van der Waals surface area contributed by atoms with Crippen LogP contribution in [0.4, 0.5) is 4.79 Å². The molecule has 2 aromatic carbocycles. The topological polar surface area (TPSA) is 85.9 Å². The van der Waals surface area contributed by atoms with E-state index in [9.17, 15) is 4.79 Å². The third-order valence-electron chi connectivity index (χ3n) is 3.22. The number of aryl methyl sites for hydroxylation is 1. The van der Waals surface area contributed by atoms with E-state index in [4.69, 9.17) is 26.8 Å². The highest BCUT2D eigenvalue weighted by Crippen LogP contribution is 2.24. The number of nitrogens with zero attached hydrogens (tertiary/aromatic N) is 1. The van der Waals surface area contributed by atoms with Crippen molar-refractivity contribution in [2.24, 2.45) is 10.8 Å². The Labute approximate surface area is 145 Å². The highest BCUT2D eigenvalue weighted by Gasteiger charge is 2.06. The summed E-state index contributed by atoms with van der Waals surface area (Å²) >= 11 is 6.01. The first-order valence-electron chi connectivity index (χ1n) is 7.14. The maximum absolute atomic E-state index is 10.6. The fourth-order valence-corrected chi connectivity index (χ4v) is 2.15. The predicted molar refractivity (Wildman–Crippen MR) is 93.8 cm³/mol. The van der Waals surface area contributed by atoms with Gasteiger partial charge in [-0.25, -0.2) is 10.2 Å². The number of rotatable bonds is 6. The number of urea groups is 1. The predicted octanol–water partition coefficient (Wildman–Crippen LogP) is 3.24. The van der Waals surface area contributed by atoms with Gasteiger partial charge < -0.3 is 15.2 Å². The van der Waals surface area contributed by atoms with Gasteiger partial charge >= 0.3 is 6.03 Å². The molecule has 0 aromatic heterocycles. The van der Waals surface area contributed by atoms with E-state index in [1.807, 2.05) is 25.1 Å². The summed E-state index contributed by atoms with van der Waals surface area (Å²) in [7, 11) is 1.59. The first-order valence-corrected chi connectivity index (χ1v) is 7.52. The number of benzene rings is 2. The Balaban J connectivity index is 2.13. The van der Waals surface area contributed by atoms with Crippen molar-refractivity contribution in [3.63, 3.8) is 0 Å². The first-order chi connectivity index (χ1) is 11.5. The summed E-state index contributed by atoms with van der Waals surface area (Å²) in [6, 6.07) is 10.2. The van der Waals surface area contributed by atoms with E-state index < -0.39 is 6.03 Å². The number of carbonyl (C=O) groups is 1. The van der Waals surface area contributed by atoms with E-state index in [1.165, 1.54) is 6.21 Å². The lowest BCUT2D eigenvalue weighted by Gasteiger charge is -2.12. The molecule has 0 aliphatic rings. The fourth-order valence-electron chi connectivity index (χ4n) is 2.03. The smallest absolute Gasteiger partial charge is 0.332 e. The van der Waals surface area contributed by atoms with Crippen LogP contribution in [0.15, 0.2) is 41.5 Å². The van der Waals surface area contributed by atoms with Crippen molar-refractivity contribution in [2.75, 3.05) is 7.11 Å². The van der Waals surface area contributed by atoms with Crippen LogP contribution in [0.5, 0.6) is 11.5 Å². The molecule has 0 atom stereocenters. The van der Waals surface area contributed by atoms with Crippen molar-refractivity contribution in [1.82, 2.24) is 5.43 Å². The lowest BCUT2D eigenvalue weighted by molar-refractivity contribution is 0.249. The summed E-state index contributed by atoms with van der Waals surface area (Å²) < 4.78 is 11.1. The third kappa shape index (κ3) is 4.89. The van der Waals surface area contributed by atoms with Gasteiger partial charge in [-0.3, -0.25) is 0 Å². The molecule has 0 unspecified atom stereocenters. The van der Waals surface area contributed by atoms with Crippen molar-refractivity contribution in [3.05, 3.63) is 58.1 Å². The minimum Gasteiger partial charge on any atom is -0.496 e. The largest absolute Gasteiger partial charge is 0.496 e. The molecule has 24 heavy (non-hydrogen) atoms. The van der Waals surface area contributed by atoms with Crippen molar-refractivity contribution >= 4 is 23.8 Å². The number of hydrazone groups is 1. The van der Waals surface area contributed by atoms with Gasteiger partial charge in [0.2, 0.25) is 0 Å². The highest BCUT2D eigenvalue weighted by atomic mass is 35.5. The molecule has 3 N–H and O–H groups in total. The number of hydrogen-bond acceptors (Lipinski definition) is 4. The second kappa shape index (κ2) is 8.21. The van der Waals surface area contributed by atoms with Crippen LogP contribution in [0.1, 0.15) is 16.7 Å². The van der Waals surface area contributed by atoms with Gasteiger partial charge in [0, 0.05) is 10.6 Å². The maximum atomic E-state index is 10.6. The standard InChI is InChI=1S/C17H18ClN3O3/c1-11-7-14(4-5-15(11)18)24-10-13-8-12(3-6-16(13)23-2)9-20-21-17(19)22/h3-9H,10H2,1-2H3,(H3,19,21,22). The number of methoxy groups -OCH3 is 1. The number of ether oxygens (including phenoxy) is 2. The maximum Gasteiger partial charge on any atom is 0.332 e. The first kappa shape index (κ1) is 17.6. The molecule has 0 spiro atoms. The Morgan fingerprint density at radius 1 is 1.33 bits per heavy atom. The molecule has 7 heteroatoms. The lowest BCUT2D eigenvalue weighted by atomic mass is 10.1. The monoisotopic (exact) mass is 347 g/mol. The Hall–Kier alpha value is -2.73. The summed E-state index contributed by atoms with van der Waals surface area (Å²) in [4.78, 5) is 10.6. The van der Waals surface area contributed by atoms with E-state index >= 15 is 0 Å². The minimum atomic E-state index is -0.721. The van der Waals surface area contributed by atoms with Gasteiger partial charge in [-0.1, -0.05) is 11.6 Å².